The van der Waals surface area contributed by atoms with Crippen LogP contribution >= 0.6 is 0 Å². The second-order valence-electron chi connectivity index (χ2n) is 27.3. The first-order valence-corrected chi connectivity index (χ1v) is 37.2. The number of nitrogens with zero attached hydrogens (tertiary/aromatic N) is 8. The van der Waals surface area contributed by atoms with Crippen molar-refractivity contribution in [3.8, 4) is 0 Å². The minimum absolute atomic E-state index is 0.0778. The molecular weight excluding hydrogens is 1670 g/mol. The molecule has 0 unspecified atom stereocenters. The van der Waals surface area contributed by atoms with Crippen molar-refractivity contribution < 1.29 is 157 Å². The summed E-state index contributed by atoms with van der Waals surface area (Å²) in [5.74, 6) is -23.7. The van der Waals surface area contributed by atoms with E-state index in [1.54, 1.807) is 23.6 Å². The summed E-state index contributed by atoms with van der Waals surface area (Å²) in [6.07, 6.45) is -5.91. The Bertz CT molecular complexity index is 4620. The number of piperidine rings is 1. The number of alkyl halides is 3. The molecule has 0 aliphatic carbocycles. The molecule has 5 heterocycles. The lowest BCUT2D eigenvalue weighted by atomic mass is 10.0. The quantitative estimate of drug-likeness (QED) is 0.0150. The third-order valence-corrected chi connectivity index (χ3v) is 17.2. The molecule has 0 bridgehead atoms. The van der Waals surface area contributed by atoms with Crippen molar-refractivity contribution in [1.82, 2.24) is 39.3 Å². The molecule has 4 amide bonds. The van der Waals surface area contributed by atoms with Crippen molar-refractivity contribution in [2.45, 2.75) is 137 Å². The Morgan fingerprint density at radius 2 is 0.748 bits per heavy atom. The van der Waals surface area contributed by atoms with E-state index in [2.05, 4.69) is 19.8 Å². The van der Waals surface area contributed by atoms with Crippen LogP contribution in [0, 0.1) is 69.8 Å². The molecule has 670 valence electrons. The van der Waals surface area contributed by atoms with Crippen LogP contribution in [0.15, 0.2) is 78.9 Å². The van der Waals surface area contributed by atoms with Crippen LogP contribution in [0.5, 0.6) is 0 Å². The van der Waals surface area contributed by atoms with Gasteiger partial charge in [0.05, 0.1) is 52.0 Å². The summed E-state index contributed by atoms with van der Waals surface area (Å²) in [4.78, 5) is 173. The van der Waals surface area contributed by atoms with Crippen LogP contribution in [0.3, 0.4) is 0 Å². The molecule has 4 aliphatic heterocycles. The zero-order valence-electron chi connectivity index (χ0n) is 67.2. The smallest absolute Gasteiger partial charge is 0.451 e. The fourth-order valence-electron chi connectivity index (χ4n) is 10.9. The monoisotopic (exact) mass is 1760 g/mol. The number of likely N-dealkylation sites (N-methyl/N-ethyl adjacent to an activating group) is 1. The minimum atomic E-state index is -4.68. The molecule has 3 saturated heterocycles. The molecule has 42 heteroatoms. The highest BCUT2D eigenvalue weighted by Gasteiger charge is 2.40. The van der Waals surface area contributed by atoms with Crippen molar-refractivity contribution in [2.75, 3.05) is 85.8 Å². The Kier molecular flexibility index (Phi) is 44.5. The molecule has 6 aromatic rings. The molecule has 27 nitrogen and oxygen atoms in total. The number of hydrogen-bond donors (Lipinski definition) is 2. The third kappa shape index (κ3) is 39.0. The standard InChI is InChI=1S/C16H12F6N4O2.C15H17F3N2O2.C15H16F3NO2.C14H14F3NO3.C8H8O.C6H10O3.C4H6O3.C3H4O3/c17-10-6-12(19)11(18)4-8(10)3-9(27)5-14(28)25-1-2-26-13(7-25)23-24-15(26)16(20,21)22;1-19-2-4-20(5-3-19)15(22)8-11(21)6-10-7-13(17)14(18)9-12(10)16;16-12-9-14(18)13(17)7-10(12)6-11(20)8-15(21)19-4-2-1-3-5-19;15-11-8-13(17)12(16)6-9(11)5-10(19)7-14(20)18-1-3-21-4-2-18;1-7(9)8-5-3-2-4-6-8;1-3-9-6(8)4-5(2)7;1-3(5)2-4(6)7;1-2(4)3(5)6/h4,6H,1-3,5,7H2;7,9H,2-6,8H2,1H3;7,9H,1-6,8H2;6,8H,1-5,7H2;2-6H,1H3;3-4H2,1-2H3;2H2,1H3,(H,6,7);1H3,(H,5,6). The number of likely N-dealkylation sites (tertiary alicyclic amines) is 1. The summed E-state index contributed by atoms with van der Waals surface area (Å²) in [6.45, 7) is 12.1. The summed E-state index contributed by atoms with van der Waals surface area (Å²) >= 11 is 0. The average Bonchev–Trinajstić information content (AvgIpc) is 1.65. The van der Waals surface area contributed by atoms with Crippen LogP contribution in [0.25, 0.3) is 0 Å². The maximum atomic E-state index is 13.6. The van der Waals surface area contributed by atoms with Crippen LogP contribution < -0.4 is 0 Å². The van der Waals surface area contributed by atoms with Gasteiger partial charge in [0.1, 0.15) is 70.8 Å². The molecule has 0 radical (unpaired) electrons. The van der Waals surface area contributed by atoms with E-state index in [0.29, 0.717) is 108 Å². The molecule has 2 N–H and O–H groups in total. The van der Waals surface area contributed by atoms with Gasteiger partial charge in [0, 0.05) is 128 Å². The Labute approximate surface area is 693 Å². The fourth-order valence-corrected chi connectivity index (χ4v) is 10.9. The van der Waals surface area contributed by atoms with Crippen LogP contribution in [0.1, 0.15) is 137 Å². The number of amides is 4. The zero-order chi connectivity index (χ0) is 92.7. The Balaban J connectivity index is 0.000000381. The molecular formula is C81H87F15N8O19. The molecule has 0 spiro atoms. The Morgan fingerprint density at radius 1 is 0.415 bits per heavy atom. The van der Waals surface area contributed by atoms with Gasteiger partial charge in [-0.05, 0) is 101 Å². The van der Waals surface area contributed by atoms with Crippen molar-refractivity contribution in [1.29, 1.82) is 0 Å². The molecule has 123 heavy (non-hydrogen) atoms. The number of fused-ring (bicyclic) bond motifs is 1. The number of ketones is 8. The van der Waals surface area contributed by atoms with E-state index in [1.165, 1.54) is 18.7 Å². The van der Waals surface area contributed by atoms with Crippen molar-refractivity contribution in [3.05, 3.63) is 188 Å². The van der Waals surface area contributed by atoms with Gasteiger partial charge in [-0.3, -0.25) is 67.1 Å². The molecule has 1 aromatic heterocycles. The van der Waals surface area contributed by atoms with E-state index >= 15 is 0 Å². The predicted molar refractivity (Wildman–Crippen MR) is 401 cm³/mol. The minimum Gasteiger partial charge on any atom is -0.481 e. The fraction of sp³-hybridized carbons (Fsp3) is 0.420. The number of morpholine rings is 1. The lowest BCUT2D eigenvalue weighted by molar-refractivity contribution is -0.148. The Hall–Kier alpha value is -12.2. The lowest BCUT2D eigenvalue weighted by Crippen LogP contribution is -2.47. The molecule has 5 aromatic carbocycles. The Morgan fingerprint density at radius 3 is 1.06 bits per heavy atom. The van der Waals surface area contributed by atoms with E-state index in [0.717, 1.165) is 54.3 Å². The third-order valence-electron chi connectivity index (χ3n) is 17.2. The number of ether oxygens (including phenoxy) is 2. The van der Waals surface area contributed by atoms with Gasteiger partial charge in [0.25, 0.3) is 0 Å². The normalized spacial score (nSPS) is 13.3. The number of aromatic nitrogens is 3. The SMILES string of the molecule is CC(=O)C(=O)O.CC(=O)CC(=O)O.CC(=O)c1ccccc1.CCOC(=O)CC(C)=O.CN1CCN(C(=O)CC(=O)Cc2cc(F)c(F)cc2F)CC1.O=C(CC(=O)N1CCCCC1)Cc1cc(F)c(F)cc1F.O=C(CC(=O)N1CCOCC1)Cc1cc(F)c(F)cc1F.O=C(CC(=O)N1CCn2c(nnc2C(F)(F)F)C1)Cc1cc(F)c(F)cc1F. The first-order valence-electron chi connectivity index (χ1n) is 37.2. The van der Waals surface area contributed by atoms with Gasteiger partial charge in [-0.2, -0.15) is 13.2 Å². The first kappa shape index (κ1) is 105. The van der Waals surface area contributed by atoms with Gasteiger partial charge in [0.15, 0.2) is 58.1 Å². The van der Waals surface area contributed by atoms with Gasteiger partial charge >= 0.3 is 24.1 Å². The molecule has 3 fully saturated rings. The summed E-state index contributed by atoms with van der Waals surface area (Å²) in [6, 6.07) is 13.2. The maximum Gasteiger partial charge on any atom is 0.451 e. The van der Waals surface area contributed by atoms with Gasteiger partial charge in [-0.25, -0.2) is 57.5 Å². The number of carboxylic acid groups (broad SMARTS) is 2. The second-order valence-corrected chi connectivity index (χ2v) is 27.3. The summed E-state index contributed by atoms with van der Waals surface area (Å²) in [5.41, 5.74) is -0.350. The highest BCUT2D eigenvalue weighted by atomic mass is 19.4. The van der Waals surface area contributed by atoms with Crippen LogP contribution in [-0.2, 0) is 122 Å². The number of halogens is 15. The van der Waals surface area contributed by atoms with E-state index in [9.17, 15) is 138 Å². The van der Waals surface area contributed by atoms with Crippen LogP contribution in [0.2, 0.25) is 0 Å². The number of carboxylic acids is 2. The number of esters is 1. The van der Waals surface area contributed by atoms with E-state index in [1.807, 2.05) is 37.4 Å². The molecule has 0 atom stereocenters. The highest BCUT2D eigenvalue weighted by Crippen LogP contribution is 2.30. The van der Waals surface area contributed by atoms with Crippen molar-refractivity contribution in [3.63, 3.8) is 0 Å². The first-order chi connectivity index (χ1) is 57.6. The van der Waals surface area contributed by atoms with Crippen LogP contribution in [0.4, 0.5) is 65.9 Å². The highest BCUT2D eigenvalue weighted by molar-refractivity contribution is 6.31. The van der Waals surface area contributed by atoms with E-state index < -0.39 is 179 Å². The summed E-state index contributed by atoms with van der Waals surface area (Å²) < 4.78 is 206. The number of piperazine rings is 1. The molecule has 4 aliphatic rings. The summed E-state index contributed by atoms with van der Waals surface area (Å²) in [7, 11) is 1.94. The maximum absolute atomic E-state index is 13.6. The number of hydrogen-bond acceptors (Lipinski definition) is 20. The number of carbonyl (C=O) groups is 15. The van der Waals surface area contributed by atoms with E-state index in [4.69, 9.17) is 14.9 Å². The lowest BCUT2D eigenvalue weighted by Gasteiger charge is -2.32. The van der Waals surface area contributed by atoms with Gasteiger partial charge in [0.2, 0.25) is 35.2 Å². The number of benzene rings is 5. The van der Waals surface area contributed by atoms with E-state index in [-0.39, 0.29) is 103 Å². The summed E-state index contributed by atoms with van der Waals surface area (Å²) in [5, 5.41) is 22.0. The van der Waals surface area contributed by atoms with Crippen molar-refractivity contribution in [2.24, 2.45) is 0 Å². The topological polar surface area (TPSA) is 362 Å². The van der Waals surface area contributed by atoms with Gasteiger partial charge in [-0.15, -0.1) is 10.2 Å². The largest absolute Gasteiger partial charge is 0.481 e. The van der Waals surface area contributed by atoms with Crippen LogP contribution in [-0.4, -0.2) is 223 Å². The number of rotatable bonds is 23. The van der Waals surface area contributed by atoms with Gasteiger partial charge < -0.3 is 48.8 Å². The number of carbonyl (C=O) groups excluding carboxylic acids is 13. The van der Waals surface area contributed by atoms with Crippen molar-refractivity contribution >= 4 is 87.8 Å². The number of aliphatic carboxylic acids is 2. The number of Topliss-reactive ketones (excluding diaryl/α,β-unsaturated/α-hetero) is 8. The van der Waals surface area contributed by atoms with Gasteiger partial charge in [-0.1, -0.05) is 30.3 Å². The predicted octanol–water partition coefficient (Wildman–Crippen LogP) is 9.85. The second kappa shape index (κ2) is 52.2. The molecule has 0 saturated carbocycles. The molecule has 10 rings (SSSR count). The zero-order valence-corrected chi connectivity index (χ0v) is 67.2. The average molecular weight is 1760 g/mol.